The van der Waals surface area contributed by atoms with E-state index < -0.39 is 0 Å². The molecule has 1 saturated carbocycles. The van der Waals surface area contributed by atoms with Crippen LogP contribution in [-0.4, -0.2) is 23.0 Å². The molecule has 2 rings (SSSR count). The van der Waals surface area contributed by atoms with Crippen LogP contribution in [0.2, 0.25) is 0 Å². The van der Waals surface area contributed by atoms with Crippen molar-refractivity contribution in [2.45, 2.75) is 44.2 Å². The Morgan fingerprint density at radius 1 is 1.56 bits per heavy atom. The zero-order valence-corrected chi connectivity index (χ0v) is 9.41. The van der Waals surface area contributed by atoms with Crippen LogP contribution in [0.15, 0.2) is 18.5 Å². The fourth-order valence-corrected chi connectivity index (χ4v) is 2.22. The second kappa shape index (κ2) is 5.16. The molecule has 1 heterocycles. The molecule has 1 aromatic rings. The van der Waals surface area contributed by atoms with Crippen molar-refractivity contribution in [1.29, 1.82) is 0 Å². The number of nitrogens with one attached hydrogen (secondary N) is 2. The number of carbonyl (C=O) groups excluding carboxylic acids is 1. The molecule has 0 saturated heterocycles. The van der Waals surface area contributed by atoms with Crippen LogP contribution in [0.25, 0.3) is 0 Å². The SMILES string of the molecule is NC1CCC(NC(=O)CCc2cc[nH]c2)C1. The van der Waals surface area contributed by atoms with Gasteiger partial charge in [0.15, 0.2) is 0 Å². The van der Waals surface area contributed by atoms with E-state index in [-0.39, 0.29) is 11.9 Å². The largest absolute Gasteiger partial charge is 0.367 e. The first-order valence-corrected chi connectivity index (χ1v) is 5.90. The molecule has 0 spiro atoms. The first kappa shape index (κ1) is 11.2. The molecule has 2 unspecified atom stereocenters. The molecule has 1 aromatic heterocycles. The molecule has 0 radical (unpaired) electrons. The van der Waals surface area contributed by atoms with Gasteiger partial charge in [-0.3, -0.25) is 4.79 Å². The molecular formula is C12H19N3O. The molecule has 1 aliphatic rings. The number of hydrogen-bond acceptors (Lipinski definition) is 2. The van der Waals surface area contributed by atoms with Gasteiger partial charge in [0.1, 0.15) is 0 Å². The average Bonchev–Trinajstić information content (AvgIpc) is 2.87. The maximum atomic E-state index is 11.6. The van der Waals surface area contributed by atoms with E-state index in [4.69, 9.17) is 5.73 Å². The quantitative estimate of drug-likeness (QED) is 0.708. The predicted molar refractivity (Wildman–Crippen MR) is 62.9 cm³/mol. The summed E-state index contributed by atoms with van der Waals surface area (Å²) in [4.78, 5) is 14.6. The molecule has 2 atom stereocenters. The van der Waals surface area contributed by atoms with Gasteiger partial charge in [-0.05, 0) is 37.3 Å². The number of amides is 1. The van der Waals surface area contributed by atoms with Crippen molar-refractivity contribution in [2.75, 3.05) is 0 Å². The van der Waals surface area contributed by atoms with Gasteiger partial charge in [-0.15, -0.1) is 0 Å². The van der Waals surface area contributed by atoms with E-state index >= 15 is 0 Å². The summed E-state index contributed by atoms with van der Waals surface area (Å²) in [5.74, 6) is 0.139. The van der Waals surface area contributed by atoms with Gasteiger partial charge in [0.2, 0.25) is 5.91 Å². The second-order valence-corrected chi connectivity index (χ2v) is 4.56. The third-order valence-corrected chi connectivity index (χ3v) is 3.14. The molecular weight excluding hydrogens is 202 g/mol. The molecule has 1 aliphatic carbocycles. The molecule has 88 valence electrons. The van der Waals surface area contributed by atoms with E-state index in [9.17, 15) is 4.79 Å². The topological polar surface area (TPSA) is 70.9 Å². The molecule has 4 N–H and O–H groups in total. The Hall–Kier alpha value is -1.29. The highest BCUT2D eigenvalue weighted by atomic mass is 16.1. The molecule has 0 aromatic carbocycles. The summed E-state index contributed by atoms with van der Waals surface area (Å²) in [6.07, 6.45) is 8.15. The number of hydrogen-bond donors (Lipinski definition) is 3. The Bertz CT molecular complexity index is 334. The van der Waals surface area contributed by atoms with Crippen LogP contribution < -0.4 is 11.1 Å². The van der Waals surface area contributed by atoms with Gasteiger partial charge < -0.3 is 16.0 Å². The molecule has 4 nitrogen and oxygen atoms in total. The van der Waals surface area contributed by atoms with E-state index in [0.717, 1.165) is 25.7 Å². The van der Waals surface area contributed by atoms with Gasteiger partial charge in [-0.2, -0.15) is 0 Å². The minimum absolute atomic E-state index is 0.139. The van der Waals surface area contributed by atoms with Crippen molar-refractivity contribution in [2.24, 2.45) is 5.73 Å². The van der Waals surface area contributed by atoms with Crippen LogP contribution in [0.3, 0.4) is 0 Å². The lowest BCUT2D eigenvalue weighted by Crippen LogP contribution is -2.34. The molecule has 0 aliphatic heterocycles. The summed E-state index contributed by atoms with van der Waals surface area (Å²) < 4.78 is 0. The van der Waals surface area contributed by atoms with E-state index in [1.807, 2.05) is 18.5 Å². The number of nitrogens with two attached hydrogens (primary N) is 1. The van der Waals surface area contributed by atoms with Gasteiger partial charge in [0, 0.05) is 30.9 Å². The van der Waals surface area contributed by atoms with Crippen molar-refractivity contribution >= 4 is 5.91 Å². The fourth-order valence-electron chi connectivity index (χ4n) is 2.22. The lowest BCUT2D eigenvalue weighted by Gasteiger charge is -2.11. The van der Waals surface area contributed by atoms with E-state index in [2.05, 4.69) is 10.3 Å². The third-order valence-electron chi connectivity index (χ3n) is 3.14. The van der Waals surface area contributed by atoms with Crippen LogP contribution in [0.1, 0.15) is 31.2 Å². The Kier molecular flexibility index (Phi) is 3.62. The van der Waals surface area contributed by atoms with Crippen LogP contribution in [-0.2, 0) is 11.2 Å². The Labute approximate surface area is 95.6 Å². The van der Waals surface area contributed by atoms with E-state index in [1.165, 1.54) is 5.56 Å². The predicted octanol–water partition coefficient (Wildman–Crippen LogP) is 0.943. The summed E-state index contributed by atoms with van der Waals surface area (Å²) in [5.41, 5.74) is 6.98. The Morgan fingerprint density at radius 2 is 2.44 bits per heavy atom. The summed E-state index contributed by atoms with van der Waals surface area (Å²) in [6, 6.07) is 2.57. The summed E-state index contributed by atoms with van der Waals surface area (Å²) in [5, 5.41) is 3.04. The van der Waals surface area contributed by atoms with Crippen LogP contribution in [0, 0.1) is 0 Å². The third kappa shape index (κ3) is 3.10. The average molecular weight is 221 g/mol. The van der Waals surface area contributed by atoms with Crippen LogP contribution in [0.5, 0.6) is 0 Å². The van der Waals surface area contributed by atoms with Crippen molar-refractivity contribution in [3.63, 3.8) is 0 Å². The van der Waals surface area contributed by atoms with Gasteiger partial charge >= 0.3 is 0 Å². The highest BCUT2D eigenvalue weighted by Gasteiger charge is 2.22. The maximum absolute atomic E-state index is 11.6. The van der Waals surface area contributed by atoms with E-state index in [0.29, 0.717) is 12.5 Å². The molecule has 1 fully saturated rings. The number of aryl methyl sites for hydroxylation is 1. The Balaban J connectivity index is 1.68. The number of aromatic nitrogens is 1. The van der Waals surface area contributed by atoms with Crippen molar-refractivity contribution in [3.05, 3.63) is 24.0 Å². The van der Waals surface area contributed by atoms with Gasteiger partial charge in [-0.25, -0.2) is 0 Å². The summed E-state index contributed by atoms with van der Waals surface area (Å²) in [7, 11) is 0. The highest BCUT2D eigenvalue weighted by Crippen LogP contribution is 2.17. The lowest BCUT2D eigenvalue weighted by atomic mass is 10.1. The lowest BCUT2D eigenvalue weighted by molar-refractivity contribution is -0.121. The number of H-pyrrole nitrogens is 1. The van der Waals surface area contributed by atoms with Gasteiger partial charge in [0.05, 0.1) is 0 Å². The molecule has 1 amide bonds. The first-order valence-electron chi connectivity index (χ1n) is 5.90. The van der Waals surface area contributed by atoms with Gasteiger partial charge in [0.25, 0.3) is 0 Å². The minimum atomic E-state index is 0.139. The first-order chi connectivity index (χ1) is 7.74. The molecule has 0 bridgehead atoms. The van der Waals surface area contributed by atoms with Crippen molar-refractivity contribution in [3.8, 4) is 0 Å². The standard InChI is InChI=1S/C12H19N3O/c13-10-2-3-11(7-10)15-12(16)4-1-9-5-6-14-8-9/h5-6,8,10-11,14H,1-4,7,13H2,(H,15,16). The van der Waals surface area contributed by atoms with Crippen LogP contribution >= 0.6 is 0 Å². The van der Waals surface area contributed by atoms with E-state index in [1.54, 1.807) is 0 Å². The second-order valence-electron chi connectivity index (χ2n) is 4.56. The van der Waals surface area contributed by atoms with Crippen LogP contribution in [0.4, 0.5) is 0 Å². The highest BCUT2D eigenvalue weighted by molar-refractivity contribution is 5.76. The number of rotatable bonds is 4. The van der Waals surface area contributed by atoms with Crippen molar-refractivity contribution < 1.29 is 4.79 Å². The maximum Gasteiger partial charge on any atom is 0.220 e. The van der Waals surface area contributed by atoms with Crippen molar-refractivity contribution in [1.82, 2.24) is 10.3 Å². The number of aromatic amines is 1. The molecule has 4 heteroatoms. The smallest absolute Gasteiger partial charge is 0.220 e. The zero-order chi connectivity index (χ0) is 11.4. The summed E-state index contributed by atoms with van der Waals surface area (Å²) in [6.45, 7) is 0. The minimum Gasteiger partial charge on any atom is -0.367 e. The zero-order valence-electron chi connectivity index (χ0n) is 9.41. The fraction of sp³-hybridized carbons (Fsp3) is 0.583. The monoisotopic (exact) mass is 221 g/mol. The Morgan fingerprint density at radius 3 is 3.06 bits per heavy atom. The van der Waals surface area contributed by atoms with Gasteiger partial charge in [-0.1, -0.05) is 0 Å². The molecule has 16 heavy (non-hydrogen) atoms. The summed E-state index contributed by atoms with van der Waals surface area (Å²) >= 11 is 0. The normalized spacial score (nSPS) is 24.6. The number of carbonyl (C=O) groups is 1.